The van der Waals surface area contributed by atoms with Crippen LogP contribution in [0.1, 0.15) is 0 Å². The van der Waals surface area contributed by atoms with Crippen molar-refractivity contribution in [3.05, 3.63) is 18.6 Å². The van der Waals surface area contributed by atoms with E-state index in [1.807, 2.05) is 0 Å². The third-order valence-electron chi connectivity index (χ3n) is 1.29. The van der Waals surface area contributed by atoms with Crippen molar-refractivity contribution in [3.63, 3.8) is 0 Å². The Labute approximate surface area is 88.1 Å². The summed E-state index contributed by atoms with van der Waals surface area (Å²) in [5.74, 6) is 5.57. The first-order chi connectivity index (χ1) is 6.88. The molecule has 0 aliphatic carbocycles. The molecule has 0 aliphatic heterocycles. The predicted molar refractivity (Wildman–Crippen MR) is 53.9 cm³/mol. The van der Waals surface area contributed by atoms with Crippen LogP contribution >= 0.6 is 23.3 Å². The zero-order chi connectivity index (χ0) is 9.80. The SMILES string of the molecule is NNc1nccc(Sc2ncns2)n1. The molecule has 2 heterocycles. The molecule has 0 aromatic carbocycles. The van der Waals surface area contributed by atoms with E-state index in [0.29, 0.717) is 5.95 Å². The Morgan fingerprint density at radius 2 is 2.36 bits per heavy atom. The van der Waals surface area contributed by atoms with Gasteiger partial charge in [0.2, 0.25) is 5.95 Å². The number of rotatable bonds is 3. The molecule has 2 aromatic heterocycles. The fourth-order valence-electron chi connectivity index (χ4n) is 0.766. The van der Waals surface area contributed by atoms with Gasteiger partial charge in [-0.15, -0.1) is 0 Å². The van der Waals surface area contributed by atoms with Crippen LogP contribution in [0.2, 0.25) is 0 Å². The lowest BCUT2D eigenvalue weighted by Crippen LogP contribution is -2.10. The normalized spacial score (nSPS) is 10.1. The van der Waals surface area contributed by atoms with Gasteiger partial charge in [0.25, 0.3) is 0 Å². The number of hydrazine groups is 1. The zero-order valence-corrected chi connectivity index (χ0v) is 8.55. The van der Waals surface area contributed by atoms with Crippen LogP contribution in [0.5, 0.6) is 0 Å². The molecule has 72 valence electrons. The molecule has 0 radical (unpaired) electrons. The fourth-order valence-corrected chi connectivity index (χ4v) is 2.12. The van der Waals surface area contributed by atoms with E-state index in [-0.39, 0.29) is 0 Å². The van der Waals surface area contributed by atoms with Crippen molar-refractivity contribution in [1.29, 1.82) is 0 Å². The summed E-state index contributed by atoms with van der Waals surface area (Å²) in [6.45, 7) is 0. The summed E-state index contributed by atoms with van der Waals surface area (Å²) in [5, 5.41) is 0.782. The van der Waals surface area contributed by atoms with Crippen LogP contribution in [-0.2, 0) is 0 Å². The van der Waals surface area contributed by atoms with Crippen LogP contribution < -0.4 is 11.3 Å². The number of nitrogens with two attached hydrogens (primary N) is 1. The second-order valence-corrected chi connectivity index (χ2v) is 4.22. The Hall–Kier alpha value is -1.25. The Morgan fingerprint density at radius 3 is 3.07 bits per heavy atom. The van der Waals surface area contributed by atoms with Crippen LogP contribution in [0.3, 0.4) is 0 Å². The molecule has 0 atom stereocenters. The lowest BCUT2D eigenvalue weighted by molar-refractivity contribution is 1.03. The van der Waals surface area contributed by atoms with Crippen LogP contribution in [0.4, 0.5) is 5.95 Å². The Morgan fingerprint density at radius 1 is 1.43 bits per heavy atom. The van der Waals surface area contributed by atoms with Gasteiger partial charge in [0.05, 0.1) is 0 Å². The fraction of sp³-hybridized carbons (Fsp3) is 0. The topological polar surface area (TPSA) is 89.6 Å². The molecule has 0 saturated carbocycles. The van der Waals surface area contributed by atoms with E-state index in [0.717, 1.165) is 9.37 Å². The van der Waals surface area contributed by atoms with Crippen molar-refractivity contribution in [2.75, 3.05) is 5.43 Å². The highest BCUT2D eigenvalue weighted by molar-refractivity contribution is 8.00. The van der Waals surface area contributed by atoms with Gasteiger partial charge in [0, 0.05) is 6.20 Å². The average molecular weight is 226 g/mol. The van der Waals surface area contributed by atoms with E-state index in [2.05, 4.69) is 24.8 Å². The first-order valence-corrected chi connectivity index (χ1v) is 5.21. The van der Waals surface area contributed by atoms with E-state index in [1.165, 1.54) is 29.6 Å². The van der Waals surface area contributed by atoms with E-state index in [4.69, 9.17) is 5.84 Å². The van der Waals surface area contributed by atoms with Gasteiger partial charge < -0.3 is 0 Å². The van der Waals surface area contributed by atoms with Gasteiger partial charge in [-0.1, -0.05) is 0 Å². The summed E-state index contributed by atoms with van der Waals surface area (Å²) in [7, 11) is 0. The quantitative estimate of drug-likeness (QED) is 0.453. The maximum atomic E-state index is 5.18. The predicted octanol–water partition coefficient (Wildman–Crippen LogP) is 0.765. The minimum Gasteiger partial charge on any atom is -0.292 e. The summed E-state index contributed by atoms with van der Waals surface area (Å²) in [6, 6.07) is 1.78. The van der Waals surface area contributed by atoms with Gasteiger partial charge in [-0.25, -0.2) is 20.8 Å². The maximum Gasteiger partial charge on any atom is 0.238 e. The second kappa shape index (κ2) is 4.31. The molecule has 0 saturated heterocycles. The Balaban J connectivity index is 2.17. The van der Waals surface area contributed by atoms with Crippen molar-refractivity contribution in [1.82, 2.24) is 19.3 Å². The van der Waals surface area contributed by atoms with E-state index >= 15 is 0 Å². The molecule has 3 N–H and O–H groups in total. The Bertz CT molecular complexity index is 402. The van der Waals surface area contributed by atoms with Gasteiger partial charge in [0.1, 0.15) is 11.4 Å². The van der Waals surface area contributed by atoms with Crippen molar-refractivity contribution >= 4 is 29.2 Å². The van der Waals surface area contributed by atoms with E-state index in [1.54, 1.807) is 12.3 Å². The highest BCUT2D eigenvalue weighted by Crippen LogP contribution is 2.26. The molecule has 0 fully saturated rings. The van der Waals surface area contributed by atoms with Crippen molar-refractivity contribution in [2.24, 2.45) is 5.84 Å². The first kappa shape index (κ1) is 9.31. The van der Waals surface area contributed by atoms with E-state index < -0.39 is 0 Å². The van der Waals surface area contributed by atoms with Gasteiger partial charge >= 0.3 is 0 Å². The molecule has 2 rings (SSSR count). The molecule has 6 nitrogen and oxygen atoms in total. The molecule has 0 bridgehead atoms. The molecule has 8 heteroatoms. The van der Waals surface area contributed by atoms with Gasteiger partial charge in [-0.2, -0.15) is 4.37 Å². The number of anilines is 1. The first-order valence-electron chi connectivity index (χ1n) is 3.62. The van der Waals surface area contributed by atoms with Crippen molar-refractivity contribution < 1.29 is 0 Å². The number of hydrogen-bond donors (Lipinski definition) is 2. The number of nitrogens with zero attached hydrogens (tertiary/aromatic N) is 4. The summed E-state index contributed by atoms with van der Waals surface area (Å²) in [5.41, 5.74) is 2.38. The lowest BCUT2D eigenvalue weighted by atomic mass is 10.7. The highest BCUT2D eigenvalue weighted by Gasteiger charge is 2.02. The van der Waals surface area contributed by atoms with Gasteiger partial charge in [-0.05, 0) is 29.4 Å². The zero-order valence-electron chi connectivity index (χ0n) is 6.91. The van der Waals surface area contributed by atoms with Crippen molar-refractivity contribution in [3.8, 4) is 0 Å². The standard InChI is InChI=1S/C6H6N6S2/c7-12-5-8-2-1-4(11-5)13-6-9-3-10-14-6/h1-3H,7H2,(H,8,11,12). The van der Waals surface area contributed by atoms with Crippen molar-refractivity contribution in [2.45, 2.75) is 9.37 Å². The second-order valence-electron chi connectivity index (χ2n) is 2.17. The molecule has 14 heavy (non-hydrogen) atoms. The van der Waals surface area contributed by atoms with Crippen LogP contribution in [0.25, 0.3) is 0 Å². The number of hydrogen-bond acceptors (Lipinski definition) is 8. The lowest BCUT2D eigenvalue weighted by Gasteiger charge is -1.99. The van der Waals surface area contributed by atoms with Gasteiger partial charge in [-0.3, -0.25) is 5.43 Å². The number of nitrogen functional groups attached to an aromatic ring is 1. The minimum atomic E-state index is 0.388. The smallest absolute Gasteiger partial charge is 0.238 e. The molecule has 0 aliphatic rings. The van der Waals surface area contributed by atoms with Gasteiger partial charge in [0.15, 0.2) is 4.34 Å². The Kier molecular flexibility index (Phi) is 2.87. The summed E-state index contributed by atoms with van der Waals surface area (Å²) in [4.78, 5) is 12.0. The van der Waals surface area contributed by atoms with Crippen LogP contribution in [0, 0.1) is 0 Å². The molecular formula is C6H6N6S2. The molecule has 0 unspecified atom stereocenters. The average Bonchev–Trinajstić information content (AvgIpc) is 2.71. The van der Waals surface area contributed by atoms with E-state index in [9.17, 15) is 0 Å². The van der Waals surface area contributed by atoms with Crippen LogP contribution in [0.15, 0.2) is 28.0 Å². The van der Waals surface area contributed by atoms with Crippen LogP contribution in [-0.4, -0.2) is 19.3 Å². The molecule has 2 aromatic rings. The number of nitrogens with one attached hydrogen (secondary N) is 1. The monoisotopic (exact) mass is 226 g/mol. The molecule has 0 spiro atoms. The minimum absolute atomic E-state index is 0.388. The third-order valence-corrected chi connectivity index (χ3v) is 2.94. The summed E-state index contributed by atoms with van der Waals surface area (Å²) >= 11 is 2.74. The highest BCUT2D eigenvalue weighted by atomic mass is 32.2. The summed E-state index contributed by atoms with van der Waals surface area (Å²) < 4.78 is 4.73. The number of aromatic nitrogens is 4. The molecule has 0 amide bonds. The molecular weight excluding hydrogens is 220 g/mol. The summed E-state index contributed by atoms with van der Waals surface area (Å²) in [6.07, 6.45) is 3.14. The largest absolute Gasteiger partial charge is 0.292 e. The maximum absolute atomic E-state index is 5.18. The third kappa shape index (κ3) is 2.16.